The number of thiazole rings is 1. The number of hydrogen-bond acceptors (Lipinski definition) is 4. The number of rotatable bonds is 5. The first-order chi connectivity index (χ1) is 9.65. The Labute approximate surface area is 126 Å². The van der Waals surface area contributed by atoms with E-state index in [0.29, 0.717) is 0 Å². The Morgan fingerprint density at radius 3 is 2.50 bits per heavy atom. The molecule has 3 nitrogen and oxygen atoms in total. The van der Waals surface area contributed by atoms with Gasteiger partial charge in [-0.25, -0.2) is 4.98 Å². The summed E-state index contributed by atoms with van der Waals surface area (Å²) in [5.41, 5.74) is 1.21. The Morgan fingerprint density at radius 2 is 1.95 bits per heavy atom. The van der Waals surface area contributed by atoms with E-state index in [1.807, 2.05) is 11.3 Å². The second-order valence-corrected chi connectivity index (χ2v) is 7.77. The largest absolute Gasteiger partial charge is 0.311 e. The SMILES string of the molecule is CCCN(Cc1nc(C)c(C)s1)C1CC2CCC(C1)N2. The van der Waals surface area contributed by atoms with E-state index in [-0.39, 0.29) is 0 Å². The molecule has 0 saturated carbocycles. The van der Waals surface area contributed by atoms with Gasteiger partial charge < -0.3 is 5.32 Å². The molecule has 2 aliphatic heterocycles. The molecule has 1 N–H and O–H groups in total. The zero-order valence-electron chi connectivity index (χ0n) is 13.0. The molecule has 2 unspecified atom stereocenters. The van der Waals surface area contributed by atoms with E-state index in [4.69, 9.17) is 4.98 Å². The van der Waals surface area contributed by atoms with E-state index in [0.717, 1.165) is 24.7 Å². The molecule has 2 aliphatic rings. The number of fused-ring (bicyclic) bond motifs is 2. The van der Waals surface area contributed by atoms with E-state index in [2.05, 4.69) is 31.0 Å². The van der Waals surface area contributed by atoms with Gasteiger partial charge in [-0.05, 0) is 52.5 Å². The summed E-state index contributed by atoms with van der Waals surface area (Å²) < 4.78 is 0. The molecular formula is C16H27N3S. The van der Waals surface area contributed by atoms with Crippen LogP contribution in [0.3, 0.4) is 0 Å². The quantitative estimate of drug-likeness (QED) is 0.903. The van der Waals surface area contributed by atoms with Crippen LogP contribution in [0.15, 0.2) is 0 Å². The van der Waals surface area contributed by atoms with Crippen LogP contribution in [0.25, 0.3) is 0 Å². The van der Waals surface area contributed by atoms with Crippen molar-refractivity contribution in [1.82, 2.24) is 15.2 Å². The summed E-state index contributed by atoms with van der Waals surface area (Å²) in [6, 6.07) is 2.31. The first-order valence-electron chi connectivity index (χ1n) is 8.08. The smallest absolute Gasteiger partial charge is 0.107 e. The summed E-state index contributed by atoms with van der Waals surface area (Å²) in [6.45, 7) is 8.87. The molecule has 4 heteroatoms. The summed E-state index contributed by atoms with van der Waals surface area (Å²) >= 11 is 1.88. The molecule has 3 rings (SSSR count). The number of aromatic nitrogens is 1. The van der Waals surface area contributed by atoms with Gasteiger partial charge in [0.05, 0.1) is 12.2 Å². The summed E-state index contributed by atoms with van der Waals surface area (Å²) in [6.07, 6.45) is 6.68. The van der Waals surface area contributed by atoms with Gasteiger partial charge in [0.25, 0.3) is 0 Å². The van der Waals surface area contributed by atoms with Crippen LogP contribution in [0.1, 0.15) is 54.6 Å². The Balaban J connectivity index is 1.68. The Hall–Kier alpha value is -0.450. The first kappa shape index (κ1) is 14.5. The molecule has 0 aliphatic carbocycles. The summed E-state index contributed by atoms with van der Waals surface area (Å²) in [7, 11) is 0. The third-order valence-electron chi connectivity index (χ3n) is 4.89. The molecule has 2 bridgehead atoms. The molecule has 0 spiro atoms. The number of hydrogen-bond donors (Lipinski definition) is 1. The van der Waals surface area contributed by atoms with Gasteiger partial charge in [-0.1, -0.05) is 6.92 Å². The van der Waals surface area contributed by atoms with E-state index >= 15 is 0 Å². The molecule has 2 fully saturated rings. The maximum Gasteiger partial charge on any atom is 0.107 e. The Morgan fingerprint density at radius 1 is 1.25 bits per heavy atom. The van der Waals surface area contributed by atoms with Crippen LogP contribution in [-0.2, 0) is 6.54 Å². The van der Waals surface area contributed by atoms with Crippen LogP contribution in [0.5, 0.6) is 0 Å². The van der Waals surface area contributed by atoms with E-state index in [1.165, 1.54) is 54.2 Å². The Kier molecular flexibility index (Phi) is 4.43. The van der Waals surface area contributed by atoms with Crippen LogP contribution in [-0.4, -0.2) is 34.6 Å². The van der Waals surface area contributed by atoms with Gasteiger partial charge in [-0.2, -0.15) is 0 Å². The lowest BCUT2D eigenvalue weighted by atomic mass is 9.98. The van der Waals surface area contributed by atoms with Crippen molar-refractivity contribution in [3.63, 3.8) is 0 Å². The van der Waals surface area contributed by atoms with Crippen LogP contribution in [0.4, 0.5) is 0 Å². The topological polar surface area (TPSA) is 28.2 Å². The minimum absolute atomic E-state index is 0.762. The third kappa shape index (κ3) is 3.07. The highest BCUT2D eigenvalue weighted by molar-refractivity contribution is 7.11. The lowest BCUT2D eigenvalue weighted by Gasteiger charge is -2.37. The third-order valence-corrected chi connectivity index (χ3v) is 5.94. The standard InChI is InChI=1S/C16H27N3S/c1-4-7-19(10-16-17-11(2)12(3)20-16)15-8-13-5-6-14(9-15)18-13/h13-15,18H,4-10H2,1-3H3. The molecule has 2 saturated heterocycles. The minimum atomic E-state index is 0.762. The average Bonchev–Trinajstić information content (AvgIpc) is 2.92. The number of piperidine rings is 1. The molecule has 0 aromatic carbocycles. The number of nitrogens with one attached hydrogen (secondary N) is 1. The molecule has 112 valence electrons. The van der Waals surface area contributed by atoms with Crippen molar-refractivity contribution < 1.29 is 0 Å². The van der Waals surface area contributed by atoms with Crippen LogP contribution < -0.4 is 5.32 Å². The van der Waals surface area contributed by atoms with Crippen molar-refractivity contribution in [2.45, 2.75) is 77.5 Å². The van der Waals surface area contributed by atoms with Crippen molar-refractivity contribution in [1.29, 1.82) is 0 Å². The molecule has 20 heavy (non-hydrogen) atoms. The zero-order valence-corrected chi connectivity index (χ0v) is 13.8. The van der Waals surface area contributed by atoms with Crippen molar-refractivity contribution >= 4 is 11.3 Å². The van der Waals surface area contributed by atoms with Crippen LogP contribution >= 0.6 is 11.3 Å². The second-order valence-electron chi connectivity index (χ2n) is 6.48. The van der Waals surface area contributed by atoms with Crippen molar-refractivity contribution in [3.8, 4) is 0 Å². The second kappa shape index (κ2) is 6.12. The monoisotopic (exact) mass is 293 g/mol. The van der Waals surface area contributed by atoms with Crippen molar-refractivity contribution in [2.75, 3.05) is 6.54 Å². The van der Waals surface area contributed by atoms with Gasteiger partial charge in [0.2, 0.25) is 0 Å². The predicted molar refractivity (Wildman–Crippen MR) is 85.3 cm³/mol. The fourth-order valence-electron chi connectivity index (χ4n) is 3.78. The molecular weight excluding hydrogens is 266 g/mol. The maximum absolute atomic E-state index is 4.74. The predicted octanol–water partition coefficient (Wildman–Crippen LogP) is 3.25. The van der Waals surface area contributed by atoms with Crippen molar-refractivity contribution in [2.24, 2.45) is 0 Å². The Bertz CT molecular complexity index is 425. The summed E-state index contributed by atoms with van der Waals surface area (Å²) in [4.78, 5) is 8.82. The maximum atomic E-state index is 4.74. The molecule has 1 aromatic heterocycles. The molecule has 1 aromatic rings. The van der Waals surface area contributed by atoms with Crippen LogP contribution in [0.2, 0.25) is 0 Å². The molecule has 0 radical (unpaired) electrons. The average molecular weight is 293 g/mol. The first-order valence-corrected chi connectivity index (χ1v) is 8.90. The van der Waals surface area contributed by atoms with Gasteiger partial charge in [0, 0.05) is 23.0 Å². The fraction of sp³-hybridized carbons (Fsp3) is 0.812. The zero-order chi connectivity index (χ0) is 14.1. The fourth-order valence-corrected chi connectivity index (χ4v) is 4.74. The highest BCUT2D eigenvalue weighted by Crippen LogP contribution is 2.31. The van der Waals surface area contributed by atoms with Gasteiger partial charge >= 0.3 is 0 Å². The van der Waals surface area contributed by atoms with Gasteiger partial charge in [0.15, 0.2) is 0 Å². The molecule has 0 amide bonds. The normalized spacial score (nSPS) is 29.3. The van der Waals surface area contributed by atoms with E-state index in [9.17, 15) is 0 Å². The lowest BCUT2D eigenvalue weighted by molar-refractivity contribution is 0.134. The molecule has 2 atom stereocenters. The highest BCUT2D eigenvalue weighted by atomic mass is 32.1. The highest BCUT2D eigenvalue weighted by Gasteiger charge is 2.35. The van der Waals surface area contributed by atoms with Gasteiger partial charge in [0.1, 0.15) is 5.01 Å². The summed E-state index contributed by atoms with van der Waals surface area (Å²) in [5, 5.41) is 5.06. The van der Waals surface area contributed by atoms with E-state index in [1.54, 1.807) is 0 Å². The van der Waals surface area contributed by atoms with Crippen molar-refractivity contribution in [3.05, 3.63) is 15.6 Å². The molecule has 3 heterocycles. The summed E-state index contributed by atoms with van der Waals surface area (Å²) in [5.74, 6) is 0. The number of aryl methyl sites for hydroxylation is 2. The number of nitrogens with zero attached hydrogens (tertiary/aromatic N) is 2. The van der Waals surface area contributed by atoms with Gasteiger partial charge in [-0.15, -0.1) is 11.3 Å². The minimum Gasteiger partial charge on any atom is -0.311 e. The lowest BCUT2D eigenvalue weighted by Crippen LogP contribution is -2.48. The van der Waals surface area contributed by atoms with Gasteiger partial charge in [-0.3, -0.25) is 4.90 Å². The van der Waals surface area contributed by atoms with E-state index < -0.39 is 0 Å². The van der Waals surface area contributed by atoms with Crippen LogP contribution in [0, 0.1) is 13.8 Å².